The van der Waals surface area contributed by atoms with Gasteiger partial charge in [-0.2, -0.15) is 0 Å². The normalized spacial score (nSPS) is 22.6. The summed E-state index contributed by atoms with van der Waals surface area (Å²) >= 11 is 0. The van der Waals surface area contributed by atoms with Gasteiger partial charge in [-0.1, -0.05) is 0 Å². The molecule has 0 saturated carbocycles. The number of aliphatic hydroxyl groups excluding tert-OH is 1. The second kappa shape index (κ2) is 5.56. The summed E-state index contributed by atoms with van der Waals surface area (Å²) in [6, 6.07) is 2.86. The fraction of sp³-hybridized carbons (Fsp3) is 0.462. The molecule has 0 bridgehead atoms. The zero-order valence-corrected chi connectivity index (χ0v) is 11.0. The molecule has 1 fully saturated rings. The number of carbonyl (C=O) groups is 2. The van der Waals surface area contributed by atoms with E-state index in [0.717, 1.165) is 0 Å². The number of nitrogens with zero attached hydrogens (tertiary/aromatic N) is 2. The van der Waals surface area contributed by atoms with E-state index in [0.29, 0.717) is 19.4 Å². The number of piperidine rings is 1. The van der Waals surface area contributed by atoms with Gasteiger partial charge in [0.05, 0.1) is 18.7 Å². The van der Waals surface area contributed by atoms with E-state index < -0.39 is 11.5 Å². The molecule has 0 spiro atoms. The maximum absolute atomic E-state index is 12.2. The number of β-amino-alcohol motifs (C(OH)–C–C–N with tert-alkyl or cyclic N) is 1. The molecule has 1 aromatic rings. The van der Waals surface area contributed by atoms with Crippen LogP contribution in [-0.2, 0) is 0 Å². The Bertz CT molecular complexity index is 517. The van der Waals surface area contributed by atoms with Gasteiger partial charge in [0.25, 0.3) is 5.91 Å². The molecule has 1 aliphatic rings. The number of hydrogen-bond donors (Lipinski definition) is 3. The Morgan fingerprint density at radius 1 is 1.45 bits per heavy atom. The number of pyridine rings is 1. The fourth-order valence-corrected chi connectivity index (χ4v) is 2.24. The van der Waals surface area contributed by atoms with Gasteiger partial charge in [0.1, 0.15) is 11.3 Å². The van der Waals surface area contributed by atoms with E-state index in [1.165, 1.54) is 23.2 Å². The third-order valence-electron chi connectivity index (χ3n) is 3.40. The molecule has 2 amide bonds. The van der Waals surface area contributed by atoms with Crippen LogP contribution in [0.4, 0.5) is 0 Å². The minimum Gasteiger partial charge on any atom is -0.393 e. The lowest BCUT2D eigenvalue weighted by Crippen LogP contribution is -2.52. The van der Waals surface area contributed by atoms with Gasteiger partial charge in [0.15, 0.2) is 0 Å². The number of nitrogens with two attached hydrogens (primary N) is 1. The maximum atomic E-state index is 12.2. The number of hydrogen-bond acceptors (Lipinski definition) is 5. The zero-order valence-electron chi connectivity index (χ0n) is 11.0. The molecule has 1 saturated heterocycles. The van der Waals surface area contributed by atoms with Crippen LogP contribution in [0.1, 0.15) is 33.7 Å². The van der Waals surface area contributed by atoms with Gasteiger partial charge in [0, 0.05) is 12.7 Å². The highest BCUT2D eigenvalue weighted by Crippen LogP contribution is 2.21. The molecule has 0 aliphatic carbocycles. The number of primary amides is 1. The first kappa shape index (κ1) is 14.4. The van der Waals surface area contributed by atoms with E-state index in [1.54, 1.807) is 0 Å². The van der Waals surface area contributed by atoms with Gasteiger partial charge in [0.2, 0.25) is 5.91 Å². The number of rotatable bonds is 3. The Kier molecular flexibility index (Phi) is 4.01. The third-order valence-corrected chi connectivity index (χ3v) is 3.40. The molecule has 1 atom stereocenters. The van der Waals surface area contributed by atoms with Gasteiger partial charge in [-0.3, -0.25) is 14.6 Å². The number of amides is 2. The van der Waals surface area contributed by atoms with Crippen molar-refractivity contribution in [3.05, 3.63) is 29.6 Å². The topological polar surface area (TPSA) is 117 Å². The molecule has 1 aromatic heterocycles. The Hall–Kier alpha value is -1.99. The number of aromatic nitrogens is 1. The maximum Gasteiger partial charge on any atom is 0.272 e. The van der Waals surface area contributed by atoms with Crippen LogP contribution >= 0.6 is 0 Å². The van der Waals surface area contributed by atoms with Crippen LogP contribution in [-0.4, -0.2) is 57.2 Å². The molecular formula is C13H17N3O4. The molecule has 1 unspecified atom stereocenters. The highest BCUT2D eigenvalue weighted by molar-refractivity contribution is 5.95. The van der Waals surface area contributed by atoms with Crippen LogP contribution in [0.5, 0.6) is 0 Å². The monoisotopic (exact) mass is 279 g/mol. The number of carbonyl (C=O) groups excluding carboxylic acids is 2. The van der Waals surface area contributed by atoms with Crippen molar-refractivity contribution in [1.29, 1.82) is 0 Å². The van der Waals surface area contributed by atoms with Gasteiger partial charge >= 0.3 is 0 Å². The standard InChI is InChI=1S/C13H17N3O4/c14-11(18)9-2-3-10(15-6-9)12(19)16-5-1-4-13(20,7-16)8-17/h2-3,6,17,20H,1,4-5,7-8H2,(H2,14,18). The first-order valence-corrected chi connectivity index (χ1v) is 6.33. The summed E-state index contributed by atoms with van der Waals surface area (Å²) < 4.78 is 0. The second-order valence-electron chi connectivity index (χ2n) is 5.01. The van der Waals surface area contributed by atoms with Crippen LogP contribution in [0.2, 0.25) is 0 Å². The molecule has 0 radical (unpaired) electrons. The molecule has 7 nitrogen and oxygen atoms in total. The fourth-order valence-electron chi connectivity index (χ4n) is 2.24. The van der Waals surface area contributed by atoms with Crippen molar-refractivity contribution in [2.45, 2.75) is 18.4 Å². The molecule has 0 aromatic carbocycles. The molecule has 7 heteroatoms. The first-order valence-electron chi connectivity index (χ1n) is 6.33. The minimum atomic E-state index is -1.25. The van der Waals surface area contributed by atoms with E-state index >= 15 is 0 Å². The van der Waals surface area contributed by atoms with Crippen molar-refractivity contribution in [3.63, 3.8) is 0 Å². The predicted molar refractivity (Wildman–Crippen MR) is 69.9 cm³/mol. The minimum absolute atomic E-state index is 0.0710. The lowest BCUT2D eigenvalue weighted by atomic mass is 9.93. The Morgan fingerprint density at radius 3 is 2.75 bits per heavy atom. The van der Waals surface area contributed by atoms with Crippen molar-refractivity contribution in [2.75, 3.05) is 19.7 Å². The lowest BCUT2D eigenvalue weighted by Gasteiger charge is -2.37. The molecule has 108 valence electrons. The van der Waals surface area contributed by atoms with Crippen molar-refractivity contribution in [1.82, 2.24) is 9.88 Å². The van der Waals surface area contributed by atoms with Crippen molar-refractivity contribution < 1.29 is 19.8 Å². The largest absolute Gasteiger partial charge is 0.393 e. The second-order valence-corrected chi connectivity index (χ2v) is 5.01. The van der Waals surface area contributed by atoms with Crippen LogP contribution in [0, 0.1) is 0 Å². The van der Waals surface area contributed by atoms with Crippen molar-refractivity contribution >= 4 is 11.8 Å². The average molecular weight is 279 g/mol. The quantitative estimate of drug-likeness (QED) is 0.665. The molecular weight excluding hydrogens is 262 g/mol. The summed E-state index contributed by atoms with van der Waals surface area (Å²) in [6.45, 7) is 0.187. The molecule has 20 heavy (non-hydrogen) atoms. The van der Waals surface area contributed by atoms with E-state index in [2.05, 4.69) is 4.98 Å². The molecule has 4 N–H and O–H groups in total. The van der Waals surface area contributed by atoms with E-state index in [4.69, 9.17) is 10.8 Å². The van der Waals surface area contributed by atoms with Gasteiger partial charge in [-0.15, -0.1) is 0 Å². The zero-order chi connectivity index (χ0) is 14.8. The first-order chi connectivity index (χ1) is 9.45. The Labute approximate surface area is 116 Å². The van der Waals surface area contributed by atoms with E-state index in [9.17, 15) is 14.7 Å². The van der Waals surface area contributed by atoms with Gasteiger partial charge < -0.3 is 20.8 Å². The van der Waals surface area contributed by atoms with Crippen molar-refractivity contribution in [3.8, 4) is 0 Å². The Morgan fingerprint density at radius 2 is 2.20 bits per heavy atom. The predicted octanol–water partition coefficient (Wildman–Crippen LogP) is -0.860. The molecule has 2 heterocycles. The van der Waals surface area contributed by atoms with Gasteiger partial charge in [-0.25, -0.2) is 0 Å². The average Bonchev–Trinajstić information content (AvgIpc) is 2.46. The highest BCUT2D eigenvalue weighted by Gasteiger charge is 2.35. The summed E-state index contributed by atoms with van der Waals surface area (Å²) in [7, 11) is 0. The van der Waals surface area contributed by atoms with Crippen LogP contribution < -0.4 is 5.73 Å². The van der Waals surface area contributed by atoms with Crippen LogP contribution in [0.15, 0.2) is 18.3 Å². The molecule has 2 rings (SSSR count). The SMILES string of the molecule is NC(=O)c1ccc(C(=O)N2CCCC(O)(CO)C2)nc1. The van der Waals surface area contributed by atoms with E-state index in [-0.39, 0.29) is 30.3 Å². The molecule has 1 aliphatic heterocycles. The summed E-state index contributed by atoms with van der Waals surface area (Å²) in [6.07, 6.45) is 2.32. The van der Waals surface area contributed by atoms with E-state index in [1.807, 2.05) is 0 Å². The summed E-state index contributed by atoms with van der Waals surface area (Å²) in [4.78, 5) is 28.5. The van der Waals surface area contributed by atoms with Crippen molar-refractivity contribution in [2.24, 2.45) is 5.73 Å². The highest BCUT2D eigenvalue weighted by atomic mass is 16.3. The lowest BCUT2D eigenvalue weighted by molar-refractivity contribution is -0.0599. The number of likely N-dealkylation sites (tertiary alicyclic amines) is 1. The summed E-state index contributed by atoms with van der Waals surface area (Å²) in [5.74, 6) is -0.947. The number of aliphatic hydroxyl groups is 2. The van der Waals surface area contributed by atoms with Crippen LogP contribution in [0.25, 0.3) is 0 Å². The summed E-state index contributed by atoms with van der Waals surface area (Å²) in [5, 5.41) is 19.2. The Balaban J connectivity index is 2.12. The third kappa shape index (κ3) is 2.94. The van der Waals surface area contributed by atoms with Gasteiger partial charge in [-0.05, 0) is 25.0 Å². The van der Waals surface area contributed by atoms with Crippen LogP contribution in [0.3, 0.4) is 0 Å². The summed E-state index contributed by atoms with van der Waals surface area (Å²) in [5.41, 5.74) is 4.26. The smallest absolute Gasteiger partial charge is 0.272 e.